The molecule has 2 aromatic carbocycles. The normalized spacial score (nSPS) is 22.8. The van der Waals surface area contributed by atoms with Gasteiger partial charge in [-0.05, 0) is 36.7 Å². The quantitative estimate of drug-likeness (QED) is 0.763. The summed E-state index contributed by atoms with van der Waals surface area (Å²) in [5, 5.41) is 16.7. The lowest BCUT2D eigenvalue weighted by Crippen LogP contribution is -2.61. The smallest absolute Gasteiger partial charge is 0.387 e. The average molecular weight is 362 g/mol. The molecule has 1 saturated heterocycles. The second-order valence-electron chi connectivity index (χ2n) is 6.17. The number of aliphatic hydroxyl groups is 1. The molecule has 1 amide bonds. The predicted molar refractivity (Wildman–Crippen MR) is 92.2 cm³/mol. The van der Waals surface area contributed by atoms with Crippen molar-refractivity contribution in [2.24, 2.45) is 0 Å². The van der Waals surface area contributed by atoms with E-state index in [4.69, 9.17) is 0 Å². The highest BCUT2D eigenvalue weighted by Crippen LogP contribution is 2.31. The maximum Gasteiger partial charge on any atom is 0.387 e. The molecule has 2 atom stereocenters. The molecular weight excluding hydrogens is 342 g/mol. The predicted octanol–water partition coefficient (Wildman–Crippen LogP) is 2.27. The van der Waals surface area contributed by atoms with E-state index in [1.807, 2.05) is 30.3 Å². The Kier molecular flexibility index (Phi) is 5.49. The summed E-state index contributed by atoms with van der Waals surface area (Å²) < 4.78 is 29.1. The third-order valence-corrected chi connectivity index (χ3v) is 4.55. The highest BCUT2D eigenvalue weighted by atomic mass is 19.3. The van der Waals surface area contributed by atoms with Gasteiger partial charge in [0.15, 0.2) is 0 Å². The number of carbonyl (C=O) groups excluding carboxylic acids is 1. The Morgan fingerprint density at radius 2 is 2.00 bits per heavy atom. The number of alkyl halides is 2. The van der Waals surface area contributed by atoms with E-state index in [-0.39, 0.29) is 11.3 Å². The van der Waals surface area contributed by atoms with Gasteiger partial charge < -0.3 is 20.5 Å². The summed E-state index contributed by atoms with van der Waals surface area (Å²) in [5.41, 5.74) is 0.0231. The van der Waals surface area contributed by atoms with Gasteiger partial charge in [-0.25, -0.2) is 0 Å². The fraction of sp³-hybridized carbons (Fsp3) is 0.316. The highest BCUT2D eigenvalue weighted by molar-refractivity contribution is 5.95. The van der Waals surface area contributed by atoms with Gasteiger partial charge in [-0.15, -0.1) is 0 Å². The van der Waals surface area contributed by atoms with Crippen molar-refractivity contribution in [3.63, 3.8) is 0 Å². The van der Waals surface area contributed by atoms with Crippen molar-refractivity contribution in [3.05, 3.63) is 65.7 Å². The molecule has 0 spiro atoms. The molecule has 3 rings (SSSR count). The van der Waals surface area contributed by atoms with Crippen molar-refractivity contribution < 1.29 is 23.4 Å². The van der Waals surface area contributed by atoms with E-state index in [0.717, 1.165) is 5.56 Å². The topological polar surface area (TPSA) is 70.6 Å². The van der Waals surface area contributed by atoms with Gasteiger partial charge in [-0.3, -0.25) is 4.79 Å². The third-order valence-electron chi connectivity index (χ3n) is 4.55. The Hall–Kier alpha value is -2.51. The van der Waals surface area contributed by atoms with E-state index in [2.05, 4.69) is 15.4 Å². The molecule has 2 aromatic rings. The van der Waals surface area contributed by atoms with Crippen LogP contribution in [0.25, 0.3) is 0 Å². The zero-order valence-corrected chi connectivity index (χ0v) is 14.0. The van der Waals surface area contributed by atoms with Gasteiger partial charge in [0.1, 0.15) is 5.75 Å². The average Bonchev–Trinajstić information content (AvgIpc) is 2.64. The van der Waals surface area contributed by atoms with E-state index >= 15 is 0 Å². The van der Waals surface area contributed by atoms with E-state index in [1.165, 1.54) is 24.3 Å². The Morgan fingerprint density at radius 1 is 1.23 bits per heavy atom. The van der Waals surface area contributed by atoms with Crippen molar-refractivity contribution in [3.8, 4) is 5.75 Å². The van der Waals surface area contributed by atoms with Crippen LogP contribution in [0.15, 0.2) is 54.6 Å². The molecule has 1 aliphatic rings. The van der Waals surface area contributed by atoms with Crippen molar-refractivity contribution in [1.29, 1.82) is 0 Å². The molecule has 7 heteroatoms. The molecule has 5 nitrogen and oxygen atoms in total. The number of ether oxygens (including phenoxy) is 1. The first-order valence-corrected chi connectivity index (χ1v) is 8.33. The molecule has 0 aliphatic carbocycles. The lowest BCUT2D eigenvalue weighted by Gasteiger charge is -2.43. The van der Waals surface area contributed by atoms with Gasteiger partial charge in [0, 0.05) is 12.1 Å². The van der Waals surface area contributed by atoms with Gasteiger partial charge in [0.25, 0.3) is 5.91 Å². The lowest BCUT2D eigenvalue weighted by atomic mass is 9.79. The molecular formula is C19H20F2N2O3. The number of aliphatic hydroxyl groups excluding tert-OH is 1. The van der Waals surface area contributed by atoms with Crippen molar-refractivity contribution in [2.75, 3.05) is 13.1 Å². The number of hydrogen-bond donors (Lipinski definition) is 3. The number of hydrogen-bond acceptors (Lipinski definition) is 4. The number of amides is 1. The second kappa shape index (κ2) is 7.80. The largest absolute Gasteiger partial charge is 0.435 e. The minimum absolute atomic E-state index is 0.0905. The van der Waals surface area contributed by atoms with Gasteiger partial charge >= 0.3 is 6.61 Å². The molecule has 3 N–H and O–H groups in total. The van der Waals surface area contributed by atoms with E-state index < -0.39 is 24.2 Å². The van der Waals surface area contributed by atoms with Crippen LogP contribution in [0.5, 0.6) is 5.75 Å². The minimum atomic E-state index is -2.96. The molecule has 26 heavy (non-hydrogen) atoms. The van der Waals surface area contributed by atoms with Gasteiger partial charge in [0.05, 0.1) is 11.6 Å². The third kappa shape index (κ3) is 3.84. The van der Waals surface area contributed by atoms with Crippen LogP contribution >= 0.6 is 0 Å². The summed E-state index contributed by atoms with van der Waals surface area (Å²) in [6.07, 6.45) is -0.333. The van der Waals surface area contributed by atoms with Crippen molar-refractivity contribution in [1.82, 2.24) is 10.6 Å². The molecule has 138 valence electrons. The van der Waals surface area contributed by atoms with Crippen molar-refractivity contribution >= 4 is 5.91 Å². The van der Waals surface area contributed by atoms with Crippen LogP contribution in [0, 0.1) is 0 Å². The summed E-state index contributed by atoms with van der Waals surface area (Å²) in [6, 6.07) is 14.8. The Labute approximate surface area is 150 Å². The number of nitrogens with one attached hydrogen (secondary N) is 2. The summed E-state index contributed by atoms with van der Waals surface area (Å²) in [5.74, 6) is -0.554. The summed E-state index contributed by atoms with van der Waals surface area (Å²) >= 11 is 0. The lowest BCUT2D eigenvalue weighted by molar-refractivity contribution is -0.0498. The monoisotopic (exact) mass is 362 g/mol. The van der Waals surface area contributed by atoms with Crippen LogP contribution in [0.3, 0.4) is 0 Å². The van der Waals surface area contributed by atoms with Crippen LogP contribution in [-0.2, 0) is 5.54 Å². The number of benzene rings is 2. The fourth-order valence-electron chi connectivity index (χ4n) is 3.24. The molecule has 0 aromatic heterocycles. The van der Waals surface area contributed by atoms with Crippen LogP contribution in [-0.4, -0.2) is 36.8 Å². The molecule has 1 heterocycles. The number of piperidine rings is 1. The molecule has 0 radical (unpaired) electrons. The number of β-amino-alcohol motifs (C(OH)–C–C–N with tert-alkyl or cyclic N) is 1. The zero-order valence-electron chi connectivity index (χ0n) is 14.0. The second-order valence-corrected chi connectivity index (χ2v) is 6.17. The maximum absolute atomic E-state index is 12.8. The molecule has 1 aliphatic heterocycles. The standard InChI is InChI=1S/C19H20F2N2O3/c20-18(21)26-15-8-4-5-13(11-15)17(25)23-19(9-10-22-12-16(19)24)14-6-2-1-3-7-14/h1-8,11,16,18,22,24H,9-10,12H2,(H,23,25)/t16-,19+/m1/s1. The first-order chi connectivity index (χ1) is 12.5. The summed E-state index contributed by atoms with van der Waals surface area (Å²) in [7, 11) is 0. The van der Waals surface area contributed by atoms with Gasteiger partial charge in [0.2, 0.25) is 0 Å². The Bertz CT molecular complexity index is 757. The Balaban J connectivity index is 1.89. The van der Waals surface area contributed by atoms with Gasteiger partial charge in [-0.1, -0.05) is 36.4 Å². The SMILES string of the molecule is O=C(N[C@]1(c2ccccc2)CCNC[C@H]1O)c1cccc(OC(F)F)c1. The fourth-order valence-corrected chi connectivity index (χ4v) is 3.24. The minimum Gasteiger partial charge on any atom is -0.435 e. The number of halogens is 2. The van der Waals surface area contributed by atoms with E-state index in [1.54, 1.807) is 0 Å². The van der Waals surface area contributed by atoms with Gasteiger partial charge in [-0.2, -0.15) is 8.78 Å². The zero-order chi connectivity index (χ0) is 18.6. The highest BCUT2D eigenvalue weighted by Gasteiger charge is 2.42. The molecule has 0 unspecified atom stereocenters. The summed E-state index contributed by atoms with van der Waals surface area (Å²) in [4.78, 5) is 12.8. The van der Waals surface area contributed by atoms with Crippen molar-refractivity contribution in [2.45, 2.75) is 24.7 Å². The van der Waals surface area contributed by atoms with E-state index in [0.29, 0.717) is 19.5 Å². The maximum atomic E-state index is 12.8. The van der Waals surface area contributed by atoms with Crippen LogP contribution in [0.4, 0.5) is 8.78 Å². The van der Waals surface area contributed by atoms with Crippen LogP contribution in [0.1, 0.15) is 22.3 Å². The van der Waals surface area contributed by atoms with E-state index in [9.17, 15) is 18.7 Å². The first-order valence-electron chi connectivity index (χ1n) is 8.33. The van der Waals surface area contributed by atoms with Crippen LogP contribution < -0.4 is 15.4 Å². The number of carbonyl (C=O) groups is 1. The Morgan fingerprint density at radius 3 is 2.69 bits per heavy atom. The summed E-state index contributed by atoms with van der Waals surface area (Å²) in [6.45, 7) is -2.00. The molecule has 0 bridgehead atoms. The molecule has 0 saturated carbocycles. The van der Waals surface area contributed by atoms with Crippen LogP contribution in [0.2, 0.25) is 0 Å². The first kappa shape index (κ1) is 18.3. The molecule has 1 fully saturated rings. The number of rotatable bonds is 5.